The zero-order valence-electron chi connectivity index (χ0n) is 24.2. The Kier molecular flexibility index (Phi) is 8.24. The molecule has 9 nitrogen and oxygen atoms in total. The van der Waals surface area contributed by atoms with Gasteiger partial charge in [-0.2, -0.15) is 0 Å². The van der Waals surface area contributed by atoms with E-state index in [1.54, 1.807) is 56.4 Å². The van der Waals surface area contributed by atoms with Crippen LogP contribution in [0.3, 0.4) is 0 Å². The highest BCUT2D eigenvalue weighted by molar-refractivity contribution is 5.92. The molecule has 2 atom stereocenters. The number of phenols is 1. The van der Waals surface area contributed by atoms with Gasteiger partial charge >= 0.3 is 0 Å². The molecule has 6 rings (SSSR count). The molecule has 1 saturated carbocycles. The number of carbonyl (C=O) groups is 3. The van der Waals surface area contributed by atoms with Crippen molar-refractivity contribution in [2.75, 3.05) is 19.6 Å². The molecular formula is C34H37N5O4. The van der Waals surface area contributed by atoms with Crippen LogP contribution >= 0.6 is 0 Å². The number of aromatic nitrogens is 1. The Morgan fingerprint density at radius 1 is 1.00 bits per heavy atom. The van der Waals surface area contributed by atoms with Gasteiger partial charge in [-0.15, -0.1) is 6.58 Å². The number of aryl methyl sites for hydroxylation is 1. The second-order valence-corrected chi connectivity index (χ2v) is 11.6. The van der Waals surface area contributed by atoms with Gasteiger partial charge in [0.2, 0.25) is 17.7 Å². The van der Waals surface area contributed by atoms with Crippen LogP contribution in [0.4, 0.5) is 0 Å². The summed E-state index contributed by atoms with van der Waals surface area (Å²) in [6.07, 6.45) is 6.11. The van der Waals surface area contributed by atoms with Gasteiger partial charge in [-0.25, -0.2) is 10.0 Å². The second kappa shape index (κ2) is 12.4. The maximum atomic E-state index is 14.2. The first-order valence-corrected chi connectivity index (χ1v) is 15.0. The summed E-state index contributed by atoms with van der Waals surface area (Å²) in [5, 5.41) is 13.3. The molecular weight excluding hydrogens is 542 g/mol. The van der Waals surface area contributed by atoms with Crippen LogP contribution < -0.4 is 0 Å². The van der Waals surface area contributed by atoms with E-state index in [1.165, 1.54) is 0 Å². The highest BCUT2D eigenvalue weighted by atomic mass is 16.3. The Morgan fingerprint density at radius 3 is 2.49 bits per heavy atom. The van der Waals surface area contributed by atoms with Crippen LogP contribution in [0.15, 0.2) is 85.6 Å². The number of aromatic hydroxyl groups is 1. The van der Waals surface area contributed by atoms with Crippen LogP contribution in [-0.2, 0) is 33.8 Å². The van der Waals surface area contributed by atoms with Crippen LogP contribution in [0.5, 0.6) is 5.75 Å². The number of rotatable bonds is 10. The molecule has 3 fully saturated rings. The molecule has 0 unspecified atom stereocenters. The van der Waals surface area contributed by atoms with E-state index in [0.717, 1.165) is 35.2 Å². The van der Waals surface area contributed by atoms with Gasteiger partial charge in [0.25, 0.3) is 0 Å². The molecule has 0 bridgehead atoms. The third kappa shape index (κ3) is 6.17. The number of fused-ring (bicyclic) bond motifs is 1. The Labute approximate surface area is 252 Å². The van der Waals surface area contributed by atoms with E-state index in [2.05, 4.69) is 11.6 Å². The van der Waals surface area contributed by atoms with Crippen LogP contribution in [-0.4, -0.2) is 79.5 Å². The van der Waals surface area contributed by atoms with Crippen LogP contribution in [0, 0.1) is 0 Å². The Morgan fingerprint density at radius 2 is 1.77 bits per heavy atom. The van der Waals surface area contributed by atoms with E-state index < -0.39 is 12.2 Å². The molecule has 2 saturated heterocycles. The topological polar surface area (TPSA) is 97.3 Å². The minimum absolute atomic E-state index is 0.0204. The standard InChI is InChI=1S/C34H37N5O4/c1-2-19-37-23-32(42)38-29(20-25-10-15-28(40)16-11-25)34(43)36(21-27-9-6-18-35-33(27)26-13-14-26)22-30(38)39(37)31(41)17-12-24-7-4-3-5-8-24/h2-11,15-16,18,26,29-30,40H,1,12-14,17,19-23H2/t29-,30-/m0/s1. The summed E-state index contributed by atoms with van der Waals surface area (Å²) in [7, 11) is 0. The van der Waals surface area contributed by atoms with Crippen molar-refractivity contribution < 1.29 is 19.5 Å². The molecule has 1 N–H and O–H groups in total. The Balaban J connectivity index is 1.35. The number of amides is 3. The molecule has 3 aliphatic rings. The zero-order valence-corrected chi connectivity index (χ0v) is 24.2. The minimum atomic E-state index is -0.799. The normalized spacial score (nSPS) is 20.7. The lowest BCUT2D eigenvalue weighted by atomic mass is 9.97. The summed E-state index contributed by atoms with van der Waals surface area (Å²) in [6.45, 7) is 4.73. The van der Waals surface area contributed by atoms with Crippen LogP contribution in [0.2, 0.25) is 0 Å². The molecule has 1 aliphatic carbocycles. The SMILES string of the molecule is C=CCN1CC(=O)N2[C@@H](Cc3ccc(O)cc3)C(=O)N(Cc3cccnc3C3CC3)C[C@@H]2N1C(=O)CCc1ccccc1. The lowest BCUT2D eigenvalue weighted by molar-refractivity contribution is -0.205. The van der Waals surface area contributed by atoms with E-state index in [9.17, 15) is 19.5 Å². The van der Waals surface area contributed by atoms with Crippen molar-refractivity contribution >= 4 is 17.7 Å². The predicted molar refractivity (Wildman–Crippen MR) is 161 cm³/mol. The fraction of sp³-hybridized carbons (Fsp3) is 0.353. The average molecular weight is 580 g/mol. The molecule has 0 radical (unpaired) electrons. The average Bonchev–Trinajstić information content (AvgIpc) is 3.86. The third-order valence-electron chi connectivity index (χ3n) is 8.51. The minimum Gasteiger partial charge on any atom is -0.508 e. The number of phenolic OH excluding ortho intramolecular Hbond substituents is 1. The number of carbonyl (C=O) groups excluding carboxylic acids is 3. The number of piperazine rings is 1. The van der Waals surface area contributed by atoms with Gasteiger partial charge < -0.3 is 14.9 Å². The molecule has 0 spiro atoms. The zero-order chi connectivity index (χ0) is 29.9. The van der Waals surface area contributed by atoms with Crippen molar-refractivity contribution in [2.24, 2.45) is 0 Å². The molecule has 222 valence electrons. The van der Waals surface area contributed by atoms with E-state index in [4.69, 9.17) is 0 Å². The molecule has 2 aliphatic heterocycles. The van der Waals surface area contributed by atoms with Crippen molar-refractivity contribution in [3.8, 4) is 5.75 Å². The van der Waals surface area contributed by atoms with E-state index in [0.29, 0.717) is 25.4 Å². The van der Waals surface area contributed by atoms with Crippen molar-refractivity contribution in [3.05, 3.63) is 108 Å². The van der Waals surface area contributed by atoms with E-state index >= 15 is 0 Å². The summed E-state index contributed by atoms with van der Waals surface area (Å²) in [5.74, 6) is 0.0846. The van der Waals surface area contributed by atoms with Crippen molar-refractivity contribution in [1.82, 2.24) is 24.8 Å². The molecule has 3 heterocycles. The third-order valence-corrected chi connectivity index (χ3v) is 8.51. The highest BCUT2D eigenvalue weighted by Crippen LogP contribution is 2.41. The first-order valence-electron chi connectivity index (χ1n) is 15.0. The summed E-state index contributed by atoms with van der Waals surface area (Å²) in [5.41, 5.74) is 3.91. The van der Waals surface area contributed by atoms with E-state index in [-0.39, 0.29) is 49.4 Å². The summed E-state index contributed by atoms with van der Waals surface area (Å²) in [6, 6.07) is 19.7. The number of benzene rings is 2. The largest absolute Gasteiger partial charge is 0.508 e. The van der Waals surface area contributed by atoms with Crippen LogP contribution in [0.25, 0.3) is 0 Å². The number of nitrogens with zero attached hydrogens (tertiary/aromatic N) is 5. The fourth-order valence-electron chi connectivity index (χ4n) is 6.28. The van der Waals surface area contributed by atoms with Gasteiger partial charge in [0.05, 0.1) is 13.1 Å². The fourth-order valence-corrected chi connectivity index (χ4v) is 6.28. The molecule has 2 aromatic carbocycles. The first kappa shape index (κ1) is 28.6. The quantitative estimate of drug-likeness (QED) is 0.369. The van der Waals surface area contributed by atoms with E-state index in [1.807, 2.05) is 42.5 Å². The summed E-state index contributed by atoms with van der Waals surface area (Å²) < 4.78 is 0. The number of hydrazine groups is 1. The molecule has 43 heavy (non-hydrogen) atoms. The number of hydrogen-bond acceptors (Lipinski definition) is 6. The van der Waals surface area contributed by atoms with Gasteiger partial charge in [0.1, 0.15) is 18.0 Å². The summed E-state index contributed by atoms with van der Waals surface area (Å²) in [4.78, 5) is 50.0. The number of pyridine rings is 1. The van der Waals surface area contributed by atoms with Gasteiger partial charge in [0.15, 0.2) is 0 Å². The summed E-state index contributed by atoms with van der Waals surface area (Å²) >= 11 is 0. The number of hydrogen-bond donors (Lipinski definition) is 1. The van der Waals surface area contributed by atoms with Crippen LogP contribution in [0.1, 0.15) is 47.6 Å². The van der Waals surface area contributed by atoms with Crippen molar-refractivity contribution in [2.45, 2.75) is 56.8 Å². The van der Waals surface area contributed by atoms with Gasteiger partial charge in [-0.1, -0.05) is 54.6 Å². The molecule has 3 aromatic rings. The highest BCUT2D eigenvalue weighted by Gasteiger charge is 2.51. The lowest BCUT2D eigenvalue weighted by Gasteiger charge is -2.55. The molecule has 3 amide bonds. The first-order chi connectivity index (χ1) is 20.9. The molecule has 9 heteroatoms. The maximum Gasteiger partial charge on any atom is 0.246 e. The van der Waals surface area contributed by atoms with Gasteiger partial charge in [-0.3, -0.25) is 19.4 Å². The monoisotopic (exact) mass is 579 g/mol. The van der Waals surface area contributed by atoms with Gasteiger partial charge in [0, 0.05) is 43.7 Å². The maximum absolute atomic E-state index is 14.2. The Bertz CT molecular complexity index is 1490. The van der Waals surface area contributed by atoms with Crippen molar-refractivity contribution in [1.29, 1.82) is 0 Å². The lowest BCUT2D eigenvalue weighted by Crippen LogP contribution is -2.75. The smallest absolute Gasteiger partial charge is 0.246 e. The predicted octanol–water partition coefficient (Wildman–Crippen LogP) is 3.65. The Hall–Kier alpha value is -4.50. The van der Waals surface area contributed by atoms with Crippen molar-refractivity contribution in [3.63, 3.8) is 0 Å². The second-order valence-electron chi connectivity index (χ2n) is 11.6. The molecule has 1 aromatic heterocycles. The van der Waals surface area contributed by atoms with Gasteiger partial charge in [-0.05, 0) is 54.2 Å².